The molecule has 0 heterocycles. The van der Waals surface area contributed by atoms with Gasteiger partial charge < -0.3 is 9.47 Å². The Labute approximate surface area is 180 Å². The van der Waals surface area contributed by atoms with E-state index >= 15 is 0 Å². The third-order valence-electron chi connectivity index (χ3n) is 4.46. The molecule has 0 saturated carbocycles. The molecule has 0 saturated heterocycles. The molecule has 7 heteroatoms. The minimum atomic E-state index is -3.79. The summed E-state index contributed by atoms with van der Waals surface area (Å²) in [4.78, 5) is 2.54. The van der Waals surface area contributed by atoms with Crippen LogP contribution < -0.4 is 14.3 Å². The summed E-state index contributed by atoms with van der Waals surface area (Å²) in [6, 6.07) is 10.9. The summed E-state index contributed by atoms with van der Waals surface area (Å²) < 4.78 is 36.9. The molecule has 0 bridgehead atoms. The molecule has 2 aromatic carbocycles. The van der Waals surface area contributed by atoms with Crippen molar-refractivity contribution in [1.29, 1.82) is 0 Å². The second-order valence-corrected chi connectivity index (χ2v) is 9.70. The van der Waals surface area contributed by atoms with Gasteiger partial charge >= 0.3 is 0 Å². The normalized spacial score (nSPS) is 12.2. The molecule has 0 aliphatic heterocycles. The predicted molar refractivity (Wildman–Crippen MR) is 121 cm³/mol. The lowest BCUT2D eigenvalue weighted by molar-refractivity contribution is 0.277. The number of aryl methyl sites for hydroxylation is 1. The van der Waals surface area contributed by atoms with E-state index in [4.69, 9.17) is 9.47 Å². The lowest BCUT2D eigenvalue weighted by Crippen LogP contribution is -2.21. The van der Waals surface area contributed by atoms with Gasteiger partial charge in [0.15, 0.2) is 11.5 Å². The number of hydrogen-bond acceptors (Lipinski definition) is 5. The van der Waals surface area contributed by atoms with Crippen molar-refractivity contribution in [2.75, 3.05) is 13.2 Å². The van der Waals surface area contributed by atoms with Crippen LogP contribution in [-0.4, -0.2) is 27.8 Å². The highest BCUT2D eigenvalue weighted by Crippen LogP contribution is 2.28. The largest absolute Gasteiger partial charge is 0.490 e. The molecule has 0 radical (unpaired) electrons. The third-order valence-corrected chi connectivity index (χ3v) is 5.82. The summed E-state index contributed by atoms with van der Waals surface area (Å²) in [7, 11) is -3.79. The highest BCUT2D eigenvalue weighted by Gasteiger charge is 2.21. The molecule has 0 fully saturated rings. The summed E-state index contributed by atoms with van der Waals surface area (Å²) in [5.74, 6) is 1.26. The fraction of sp³-hybridized carbons (Fsp3) is 0.435. The van der Waals surface area contributed by atoms with E-state index in [0.29, 0.717) is 35.8 Å². The smallest absolute Gasteiger partial charge is 0.276 e. The summed E-state index contributed by atoms with van der Waals surface area (Å²) in [5, 5.41) is 3.96. The van der Waals surface area contributed by atoms with E-state index in [9.17, 15) is 8.42 Å². The second-order valence-electron chi connectivity index (χ2n) is 8.07. The number of hydrogen-bond donors (Lipinski definition) is 1. The van der Waals surface area contributed by atoms with Gasteiger partial charge in [-0.05, 0) is 66.6 Å². The molecule has 0 aromatic heterocycles. The Morgan fingerprint density at radius 2 is 1.77 bits per heavy atom. The first-order valence-corrected chi connectivity index (χ1v) is 11.6. The lowest BCUT2D eigenvalue weighted by Gasteiger charge is -2.20. The molecule has 6 nitrogen and oxygen atoms in total. The molecule has 2 aromatic rings. The first-order valence-electron chi connectivity index (χ1n) is 10.1. The molecule has 0 atom stereocenters. The van der Waals surface area contributed by atoms with Crippen molar-refractivity contribution in [2.45, 2.75) is 58.3 Å². The van der Waals surface area contributed by atoms with Crippen LogP contribution in [0.2, 0.25) is 0 Å². The molecule has 164 valence electrons. The molecule has 1 N–H and O–H groups in total. The van der Waals surface area contributed by atoms with Crippen LogP contribution in [0.5, 0.6) is 11.5 Å². The number of hydrazone groups is 1. The van der Waals surface area contributed by atoms with Gasteiger partial charge in [-0.2, -0.15) is 13.5 Å². The molecule has 30 heavy (non-hydrogen) atoms. The summed E-state index contributed by atoms with van der Waals surface area (Å²) >= 11 is 0. The van der Waals surface area contributed by atoms with Gasteiger partial charge in [-0.25, -0.2) is 4.83 Å². The number of nitrogens with one attached hydrogen (secondary N) is 1. The molecule has 0 aliphatic rings. The van der Waals surface area contributed by atoms with Crippen molar-refractivity contribution in [1.82, 2.24) is 4.83 Å². The number of rotatable bonds is 9. The van der Waals surface area contributed by atoms with Crippen LogP contribution in [-0.2, 0) is 15.4 Å². The highest BCUT2D eigenvalue weighted by molar-refractivity contribution is 7.89. The second kappa shape index (κ2) is 9.98. The Balaban J connectivity index is 2.22. The van der Waals surface area contributed by atoms with Gasteiger partial charge in [0, 0.05) is 0 Å². The van der Waals surface area contributed by atoms with Crippen molar-refractivity contribution < 1.29 is 17.9 Å². The van der Waals surface area contributed by atoms with E-state index in [1.165, 1.54) is 6.21 Å². The zero-order valence-electron chi connectivity index (χ0n) is 18.7. The fourth-order valence-electron chi connectivity index (χ4n) is 2.78. The summed E-state index contributed by atoms with van der Waals surface area (Å²) in [5.41, 5.74) is 2.16. The van der Waals surface area contributed by atoms with Gasteiger partial charge in [0.2, 0.25) is 0 Å². The number of nitrogens with zero attached hydrogens (tertiary/aromatic N) is 1. The molecule has 0 unspecified atom stereocenters. The summed E-state index contributed by atoms with van der Waals surface area (Å²) in [6.45, 7) is 12.9. The first-order chi connectivity index (χ1) is 14.1. The van der Waals surface area contributed by atoms with E-state index in [0.717, 1.165) is 12.0 Å². The van der Waals surface area contributed by atoms with Crippen molar-refractivity contribution in [3.63, 3.8) is 0 Å². The van der Waals surface area contributed by atoms with Gasteiger partial charge in [0.25, 0.3) is 10.0 Å². The standard InChI is InChI=1S/C23H32N2O4S/c1-7-13-29-20-12-10-18(14-21(20)28-8-2)16-24-25-30(26,27)22-15-19(23(4,5)6)11-9-17(22)3/h9-12,14-16,25H,7-8,13H2,1-6H3/b24-16+. The van der Waals surface area contributed by atoms with Crippen molar-refractivity contribution in [3.8, 4) is 11.5 Å². The van der Waals surface area contributed by atoms with Crippen LogP contribution in [0.3, 0.4) is 0 Å². The Morgan fingerprint density at radius 3 is 2.40 bits per heavy atom. The first kappa shape index (κ1) is 23.7. The summed E-state index contributed by atoms with van der Waals surface area (Å²) in [6.07, 6.45) is 2.35. The predicted octanol–water partition coefficient (Wildman–Crippen LogP) is 4.79. The molecular weight excluding hydrogens is 400 g/mol. The maximum absolute atomic E-state index is 12.8. The Hall–Kier alpha value is -2.54. The van der Waals surface area contributed by atoms with Crippen molar-refractivity contribution >= 4 is 16.2 Å². The van der Waals surface area contributed by atoms with Crippen LogP contribution in [0.25, 0.3) is 0 Å². The number of benzene rings is 2. The van der Waals surface area contributed by atoms with Crippen molar-refractivity contribution in [2.24, 2.45) is 5.10 Å². The van der Waals surface area contributed by atoms with Gasteiger partial charge in [0.05, 0.1) is 24.3 Å². The van der Waals surface area contributed by atoms with E-state index in [1.54, 1.807) is 31.2 Å². The Bertz CT molecular complexity index is 993. The van der Waals surface area contributed by atoms with Crippen LogP contribution in [0.4, 0.5) is 0 Å². The molecule has 2 rings (SSSR count). The van der Waals surface area contributed by atoms with Crippen LogP contribution in [0.1, 0.15) is 57.7 Å². The van der Waals surface area contributed by atoms with Crippen LogP contribution in [0.15, 0.2) is 46.4 Å². The molecule has 0 aliphatic carbocycles. The Kier molecular flexibility index (Phi) is 7.89. The number of ether oxygens (including phenoxy) is 2. The quantitative estimate of drug-likeness (QED) is 0.456. The third kappa shape index (κ3) is 6.23. The zero-order chi connectivity index (χ0) is 22.4. The zero-order valence-corrected chi connectivity index (χ0v) is 19.5. The molecule has 0 spiro atoms. The average molecular weight is 433 g/mol. The van der Waals surface area contributed by atoms with Gasteiger partial charge in [0.1, 0.15) is 0 Å². The van der Waals surface area contributed by atoms with Crippen LogP contribution in [0, 0.1) is 6.92 Å². The maximum Gasteiger partial charge on any atom is 0.276 e. The van der Waals surface area contributed by atoms with E-state index in [-0.39, 0.29) is 10.3 Å². The minimum Gasteiger partial charge on any atom is -0.490 e. The van der Waals surface area contributed by atoms with E-state index in [1.807, 2.05) is 46.8 Å². The minimum absolute atomic E-state index is 0.154. The Morgan fingerprint density at radius 1 is 1.03 bits per heavy atom. The SMILES string of the molecule is CCCOc1ccc(/C=N/NS(=O)(=O)c2cc(C(C)(C)C)ccc2C)cc1OCC. The van der Waals surface area contributed by atoms with E-state index in [2.05, 4.69) is 9.93 Å². The molecular formula is C23H32N2O4S. The van der Waals surface area contributed by atoms with E-state index < -0.39 is 10.0 Å². The monoisotopic (exact) mass is 432 g/mol. The lowest BCUT2D eigenvalue weighted by atomic mass is 9.87. The average Bonchev–Trinajstić information content (AvgIpc) is 2.66. The van der Waals surface area contributed by atoms with Crippen molar-refractivity contribution in [3.05, 3.63) is 53.1 Å². The number of sulfonamides is 1. The van der Waals surface area contributed by atoms with Gasteiger partial charge in [-0.3, -0.25) is 0 Å². The topological polar surface area (TPSA) is 77.0 Å². The van der Waals surface area contributed by atoms with Gasteiger partial charge in [-0.15, -0.1) is 0 Å². The highest BCUT2D eigenvalue weighted by atomic mass is 32.2. The maximum atomic E-state index is 12.8. The van der Waals surface area contributed by atoms with Crippen LogP contribution >= 0.6 is 0 Å². The fourth-order valence-corrected chi connectivity index (χ4v) is 3.84. The molecule has 0 amide bonds. The van der Waals surface area contributed by atoms with Gasteiger partial charge in [-0.1, -0.05) is 39.8 Å².